The first-order valence-electron chi connectivity index (χ1n) is 7.91. The Labute approximate surface area is 145 Å². The van der Waals surface area contributed by atoms with Crippen molar-refractivity contribution in [2.75, 3.05) is 0 Å². The van der Waals surface area contributed by atoms with Gasteiger partial charge in [-0.2, -0.15) is 4.98 Å². The Hall–Kier alpha value is -3.22. The number of ether oxygens (including phenoxy) is 1. The topological polar surface area (TPSA) is 93.2 Å². The van der Waals surface area contributed by atoms with Gasteiger partial charge in [0.15, 0.2) is 0 Å². The quantitative estimate of drug-likeness (QED) is 0.863. The van der Waals surface area contributed by atoms with Gasteiger partial charge in [-0.3, -0.25) is 9.59 Å². The first-order chi connectivity index (χ1) is 12.1. The van der Waals surface area contributed by atoms with Gasteiger partial charge in [0.05, 0.1) is 0 Å². The molecule has 1 fully saturated rings. The van der Waals surface area contributed by atoms with Crippen LogP contribution in [-0.4, -0.2) is 27.8 Å². The van der Waals surface area contributed by atoms with Crippen LogP contribution < -0.4 is 15.4 Å². The van der Waals surface area contributed by atoms with E-state index in [4.69, 9.17) is 4.74 Å². The Morgan fingerprint density at radius 1 is 1.32 bits per heavy atom. The van der Waals surface area contributed by atoms with Crippen LogP contribution in [0.2, 0.25) is 0 Å². The first-order valence-corrected chi connectivity index (χ1v) is 7.91. The number of amides is 2. The zero-order valence-electron chi connectivity index (χ0n) is 13.6. The van der Waals surface area contributed by atoms with Gasteiger partial charge in [0, 0.05) is 11.9 Å². The molecule has 0 bridgehead atoms. The Balaban J connectivity index is 1.61. The Morgan fingerprint density at radius 2 is 2.12 bits per heavy atom. The van der Waals surface area contributed by atoms with E-state index in [1.807, 2.05) is 30.3 Å². The molecule has 1 aliphatic heterocycles. The molecule has 2 heterocycles. The van der Waals surface area contributed by atoms with Crippen molar-refractivity contribution in [2.45, 2.75) is 25.5 Å². The van der Waals surface area contributed by atoms with Crippen molar-refractivity contribution in [1.82, 2.24) is 20.6 Å². The lowest BCUT2D eigenvalue weighted by molar-refractivity contribution is -0.123. The van der Waals surface area contributed by atoms with Gasteiger partial charge in [0.25, 0.3) is 5.91 Å². The summed E-state index contributed by atoms with van der Waals surface area (Å²) in [5, 5.41) is 5.30. The van der Waals surface area contributed by atoms with E-state index in [0.29, 0.717) is 25.1 Å². The minimum Gasteiger partial charge on any atom is -0.459 e. The largest absolute Gasteiger partial charge is 0.459 e. The van der Waals surface area contributed by atoms with Crippen LogP contribution in [0.1, 0.15) is 28.9 Å². The van der Waals surface area contributed by atoms with Crippen LogP contribution in [0.4, 0.5) is 0 Å². The number of hydrogen-bond donors (Lipinski definition) is 2. The van der Waals surface area contributed by atoms with Crippen molar-refractivity contribution in [3.8, 4) is 6.01 Å². The lowest BCUT2D eigenvalue weighted by Gasteiger charge is -2.24. The smallest absolute Gasteiger partial charge is 0.317 e. The van der Waals surface area contributed by atoms with Crippen LogP contribution in [0, 0.1) is 0 Å². The fourth-order valence-electron chi connectivity index (χ4n) is 2.40. The summed E-state index contributed by atoms with van der Waals surface area (Å²) in [6.07, 6.45) is 2.59. The van der Waals surface area contributed by atoms with Crippen molar-refractivity contribution in [3.05, 3.63) is 66.1 Å². The number of allylic oxidation sites excluding steroid dienone is 1. The lowest BCUT2D eigenvalue weighted by atomic mass is 10.0. The molecule has 1 aromatic heterocycles. The zero-order chi connectivity index (χ0) is 17.6. The van der Waals surface area contributed by atoms with Crippen LogP contribution >= 0.6 is 0 Å². The molecule has 1 saturated heterocycles. The highest BCUT2D eigenvalue weighted by Crippen LogP contribution is 2.12. The summed E-state index contributed by atoms with van der Waals surface area (Å²) in [6, 6.07) is 10.6. The van der Waals surface area contributed by atoms with Crippen LogP contribution in [0.5, 0.6) is 6.01 Å². The summed E-state index contributed by atoms with van der Waals surface area (Å²) in [7, 11) is 0. The molecule has 1 aromatic carbocycles. The van der Waals surface area contributed by atoms with Crippen molar-refractivity contribution >= 4 is 11.8 Å². The number of nitrogens with zero attached hydrogens (tertiary/aromatic N) is 2. The molecule has 2 aromatic rings. The molecule has 0 spiro atoms. The van der Waals surface area contributed by atoms with Gasteiger partial charge in [0.1, 0.15) is 18.3 Å². The third-order valence-electron chi connectivity index (χ3n) is 3.73. The molecule has 7 nitrogen and oxygen atoms in total. The highest BCUT2D eigenvalue weighted by Gasteiger charge is 2.26. The molecule has 1 atom stereocenters. The van der Waals surface area contributed by atoms with E-state index in [-0.39, 0.29) is 17.6 Å². The second-order valence-corrected chi connectivity index (χ2v) is 5.66. The second-order valence-electron chi connectivity index (χ2n) is 5.66. The molecular weight excluding hydrogens is 320 g/mol. The van der Waals surface area contributed by atoms with E-state index in [9.17, 15) is 9.59 Å². The molecule has 1 aliphatic rings. The minimum absolute atomic E-state index is 0.109. The van der Waals surface area contributed by atoms with E-state index >= 15 is 0 Å². The van der Waals surface area contributed by atoms with Crippen molar-refractivity contribution in [3.63, 3.8) is 0 Å². The van der Waals surface area contributed by atoms with Crippen molar-refractivity contribution in [2.24, 2.45) is 0 Å². The maximum Gasteiger partial charge on any atom is 0.317 e. The molecule has 3 rings (SSSR count). The molecule has 25 heavy (non-hydrogen) atoms. The van der Waals surface area contributed by atoms with Gasteiger partial charge in [-0.25, -0.2) is 4.98 Å². The van der Waals surface area contributed by atoms with Crippen LogP contribution in [-0.2, 0) is 11.4 Å². The minimum atomic E-state index is -0.596. The highest BCUT2D eigenvalue weighted by atomic mass is 16.5. The average molecular weight is 338 g/mol. The molecule has 128 valence electrons. The third kappa shape index (κ3) is 4.41. The van der Waals surface area contributed by atoms with Gasteiger partial charge in [0.2, 0.25) is 5.91 Å². The van der Waals surface area contributed by atoms with E-state index in [2.05, 4.69) is 27.2 Å². The first kappa shape index (κ1) is 16.6. The normalized spacial score (nSPS) is 16.9. The highest BCUT2D eigenvalue weighted by molar-refractivity contribution is 5.96. The van der Waals surface area contributed by atoms with Crippen molar-refractivity contribution < 1.29 is 14.3 Å². The molecule has 1 unspecified atom stereocenters. The molecule has 7 heteroatoms. The molecule has 0 aliphatic carbocycles. The van der Waals surface area contributed by atoms with E-state index in [1.165, 1.54) is 12.3 Å². The second kappa shape index (κ2) is 7.57. The number of carbonyl (C=O) groups excluding carboxylic acids is 2. The summed E-state index contributed by atoms with van der Waals surface area (Å²) < 4.78 is 5.51. The van der Waals surface area contributed by atoms with Crippen LogP contribution in [0.3, 0.4) is 0 Å². The number of nitrogens with one attached hydrogen (secondary N) is 2. The fraction of sp³-hybridized carbons (Fsp3) is 0.222. The summed E-state index contributed by atoms with van der Waals surface area (Å²) in [5.41, 5.74) is 1.78. The molecular formula is C18H18N4O3. The fourth-order valence-corrected chi connectivity index (χ4v) is 2.40. The van der Waals surface area contributed by atoms with E-state index in [0.717, 1.165) is 5.56 Å². The van der Waals surface area contributed by atoms with Crippen molar-refractivity contribution in [1.29, 1.82) is 0 Å². The predicted molar refractivity (Wildman–Crippen MR) is 90.6 cm³/mol. The number of carbonyl (C=O) groups is 2. The Morgan fingerprint density at radius 3 is 2.88 bits per heavy atom. The molecule has 2 N–H and O–H groups in total. The molecule has 0 radical (unpaired) electrons. The maximum absolute atomic E-state index is 12.3. The molecule has 0 saturated carbocycles. The van der Waals surface area contributed by atoms with Crippen LogP contribution in [0.15, 0.2) is 54.9 Å². The maximum atomic E-state index is 12.3. The number of rotatable bonds is 5. The van der Waals surface area contributed by atoms with E-state index < -0.39 is 11.9 Å². The van der Waals surface area contributed by atoms with E-state index in [1.54, 1.807) is 0 Å². The monoisotopic (exact) mass is 338 g/mol. The van der Waals surface area contributed by atoms with Gasteiger partial charge in [-0.15, -0.1) is 0 Å². The van der Waals surface area contributed by atoms with Crippen LogP contribution in [0.25, 0.3) is 0 Å². The SMILES string of the molecule is C=C1CCC(NC(=O)c2ccnc(OCc3ccccc3)n2)C(=O)N1. The predicted octanol–water partition coefficient (Wildman–Crippen LogP) is 1.58. The van der Waals surface area contributed by atoms with Gasteiger partial charge in [-0.05, 0) is 24.5 Å². The lowest BCUT2D eigenvalue weighted by Crippen LogP contribution is -2.49. The summed E-state index contributed by atoms with van der Waals surface area (Å²) in [5.74, 6) is -0.709. The van der Waals surface area contributed by atoms with Gasteiger partial charge < -0.3 is 15.4 Å². The summed E-state index contributed by atoms with van der Waals surface area (Å²) in [4.78, 5) is 32.3. The number of aromatic nitrogens is 2. The number of hydrogen-bond acceptors (Lipinski definition) is 5. The zero-order valence-corrected chi connectivity index (χ0v) is 13.6. The Kier molecular flexibility index (Phi) is 5.03. The standard InChI is InChI=1S/C18H18N4O3/c1-12-7-8-14(16(23)20-12)21-17(24)15-9-10-19-18(22-15)25-11-13-5-3-2-4-6-13/h2-6,9-10,14H,1,7-8,11H2,(H,20,23)(H,21,24). The molecule has 2 amide bonds. The summed E-state index contributed by atoms with van der Waals surface area (Å²) in [6.45, 7) is 4.02. The third-order valence-corrected chi connectivity index (χ3v) is 3.73. The number of benzene rings is 1. The number of piperidine rings is 1. The summed E-state index contributed by atoms with van der Waals surface area (Å²) >= 11 is 0. The van der Waals surface area contributed by atoms with Gasteiger partial charge in [-0.1, -0.05) is 36.9 Å². The Bertz CT molecular complexity index is 792. The van der Waals surface area contributed by atoms with Gasteiger partial charge >= 0.3 is 6.01 Å². The average Bonchev–Trinajstić information content (AvgIpc) is 2.63.